The van der Waals surface area contributed by atoms with E-state index in [-0.39, 0.29) is 11.8 Å². The average molecular weight is 258 g/mol. The van der Waals surface area contributed by atoms with Gasteiger partial charge in [-0.3, -0.25) is 9.59 Å². The molecule has 1 aromatic carbocycles. The first-order valence-corrected chi connectivity index (χ1v) is 6.75. The second-order valence-corrected chi connectivity index (χ2v) is 5.84. The smallest absolute Gasteiger partial charge is 0.253 e. The zero-order valence-corrected chi connectivity index (χ0v) is 11.3. The van der Waals surface area contributed by atoms with Crippen LogP contribution in [0.15, 0.2) is 18.2 Å². The number of nitrogens with one attached hydrogen (secondary N) is 1. The fraction of sp³-hybridized carbons (Fsp3) is 0.467. The van der Waals surface area contributed by atoms with E-state index < -0.39 is 5.41 Å². The van der Waals surface area contributed by atoms with Gasteiger partial charge in [-0.25, -0.2) is 0 Å². The quantitative estimate of drug-likeness (QED) is 0.839. The van der Waals surface area contributed by atoms with Crippen molar-refractivity contribution in [2.24, 2.45) is 0 Å². The zero-order chi connectivity index (χ0) is 13.6. The van der Waals surface area contributed by atoms with E-state index in [9.17, 15) is 9.59 Å². The van der Waals surface area contributed by atoms with Gasteiger partial charge in [-0.1, -0.05) is 0 Å². The van der Waals surface area contributed by atoms with E-state index >= 15 is 0 Å². The van der Waals surface area contributed by atoms with Crippen LogP contribution in [0.4, 0.5) is 5.69 Å². The Labute approximate surface area is 112 Å². The lowest BCUT2D eigenvalue weighted by Crippen LogP contribution is -2.29. The summed E-state index contributed by atoms with van der Waals surface area (Å²) in [6, 6.07) is 5.51. The molecule has 2 heterocycles. The number of fused-ring (bicyclic) bond motifs is 1. The second-order valence-electron chi connectivity index (χ2n) is 5.84. The summed E-state index contributed by atoms with van der Waals surface area (Å²) < 4.78 is 0. The van der Waals surface area contributed by atoms with Crippen LogP contribution in [-0.4, -0.2) is 29.8 Å². The van der Waals surface area contributed by atoms with Crippen molar-refractivity contribution in [2.75, 3.05) is 18.4 Å². The molecule has 3 rings (SSSR count). The Morgan fingerprint density at radius 1 is 1.26 bits per heavy atom. The van der Waals surface area contributed by atoms with Gasteiger partial charge in [-0.05, 0) is 50.5 Å². The SMILES string of the molecule is CC1(C)C(=O)Nc2ccc(C(=O)N3CCCC3)cc21. The lowest BCUT2D eigenvalue weighted by atomic mass is 9.85. The second kappa shape index (κ2) is 4.08. The minimum Gasteiger partial charge on any atom is -0.339 e. The van der Waals surface area contributed by atoms with Crippen molar-refractivity contribution < 1.29 is 9.59 Å². The summed E-state index contributed by atoms with van der Waals surface area (Å²) in [6.07, 6.45) is 2.17. The molecule has 0 bridgehead atoms. The van der Waals surface area contributed by atoms with E-state index in [1.165, 1.54) is 0 Å². The van der Waals surface area contributed by atoms with Crippen molar-refractivity contribution in [3.05, 3.63) is 29.3 Å². The molecule has 4 heteroatoms. The summed E-state index contributed by atoms with van der Waals surface area (Å²) in [5.74, 6) is 0.0729. The maximum atomic E-state index is 12.4. The van der Waals surface area contributed by atoms with Crippen LogP contribution in [0.5, 0.6) is 0 Å². The third-order valence-electron chi connectivity index (χ3n) is 4.15. The third-order valence-corrected chi connectivity index (χ3v) is 4.15. The van der Waals surface area contributed by atoms with Crippen LogP contribution >= 0.6 is 0 Å². The Kier molecular flexibility index (Phi) is 2.62. The number of nitrogens with zero attached hydrogens (tertiary/aromatic N) is 1. The van der Waals surface area contributed by atoms with Gasteiger partial charge in [0.25, 0.3) is 5.91 Å². The average Bonchev–Trinajstić information content (AvgIpc) is 2.98. The molecule has 100 valence electrons. The highest BCUT2D eigenvalue weighted by Gasteiger charge is 2.38. The molecular weight excluding hydrogens is 240 g/mol. The summed E-state index contributed by atoms with van der Waals surface area (Å²) in [7, 11) is 0. The molecule has 0 aliphatic carbocycles. The number of carbonyl (C=O) groups is 2. The van der Waals surface area contributed by atoms with Gasteiger partial charge in [0.05, 0.1) is 5.41 Å². The number of likely N-dealkylation sites (tertiary alicyclic amines) is 1. The van der Waals surface area contributed by atoms with Gasteiger partial charge in [0, 0.05) is 24.3 Å². The molecule has 19 heavy (non-hydrogen) atoms. The standard InChI is InChI=1S/C15H18N2O2/c1-15(2)11-9-10(5-6-12(11)16-14(15)19)13(18)17-7-3-4-8-17/h5-6,9H,3-4,7-8H2,1-2H3,(H,16,19). The maximum Gasteiger partial charge on any atom is 0.253 e. The monoisotopic (exact) mass is 258 g/mol. The van der Waals surface area contributed by atoms with E-state index in [0.29, 0.717) is 5.56 Å². The van der Waals surface area contributed by atoms with E-state index in [1.54, 1.807) is 6.07 Å². The van der Waals surface area contributed by atoms with Gasteiger partial charge in [0.2, 0.25) is 5.91 Å². The highest BCUT2D eigenvalue weighted by atomic mass is 16.2. The number of rotatable bonds is 1. The van der Waals surface area contributed by atoms with Gasteiger partial charge >= 0.3 is 0 Å². The van der Waals surface area contributed by atoms with E-state index in [2.05, 4.69) is 5.32 Å². The number of anilines is 1. The summed E-state index contributed by atoms with van der Waals surface area (Å²) in [4.78, 5) is 26.1. The molecule has 2 amide bonds. The Morgan fingerprint density at radius 2 is 1.95 bits per heavy atom. The molecule has 0 unspecified atom stereocenters. The summed E-state index contributed by atoms with van der Waals surface area (Å²) in [5.41, 5.74) is 1.87. The molecule has 1 saturated heterocycles. The first-order chi connectivity index (χ1) is 9.00. The van der Waals surface area contributed by atoms with Crippen molar-refractivity contribution in [2.45, 2.75) is 32.1 Å². The Morgan fingerprint density at radius 3 is 2.63 bits per heavy atom. The Balaban J connectivity index is 1.96. The number of hydrogen-bond donors (Lipinski definition) is 1. The van der Waals surface area contributed by atoms with Crippen LogP contribution in [0, 0.1) is 0 Å². The van der Waals surface area contributed by atoms with Gasteiger partial charge < -0.3 is 10.2 Å². The lowest BCUT2D eigenvalue weighted by molar-refractivity contribution is -0.119. The minimum absolute atomic E-state index is 0.00623. The topological polar surface area (TPSA) is 49.4 Å². The molecule has 0 atom stereocenters. The highest BCUT2D eigenvalue weighted by Crippen LogP contribution is 2.37. The van der Waals surface area contributed by atoms with Crippen LogP contribution in [0.1, 0.15) is 42.6 Å². The van der Waals surface area contributed by atoms with Gasteiger partial charge in [0.1, 0.15) is 0 Å². The van der Waals surface area contributed by atoms with Crippen LogP contribution in [0.2, 0.25) is 0 Å². The van der Waals surface area contributed by atoms with E-state index in [4.69, 9.17) is 0 Å². The van der Waals surface area contributed by atoms with Gasteiger partial charge in [0.15, 0.2) is 0 Å². The molecule has 0 spiro atoms. The minimum atomic E-state index is -0.559. The van der Waals surface area contributed by atoms with Crippen molar-refractivity contribution in [3.63, 3.8) is 0 Å². The first-order valence-electron chi connectivity index (χ1n) is 6.75. The van der Waals surface area contributed by atoms with Crippen LogP contribution in [-0.2, 0) is 10.2 Å². The van der Waals surface area contributed by atoms with Gasteiger partial charge in [-0.2, -0.15) is 0 Å². The van der Waals surface area contributed by atoms with E-state index in [1.807, 2.05) is 30.9 Å². The molecule has 0 radical (unpaired) electrons. The number of benzene rings is 1. The van der Waals surface area contributed by atoms with Crippen LogP contribution in [0.3, 0.4) is 0 Å². The highest BCUT2D eigenvalue weighted by molar-refractivity contribution is 6.07. The molecule has 1 aromatic rings. The predicted octanol–water partition coefficient (Wildman–Crippen LogP) is 2.15. The normalized spacial score (nSPS) is 20.3. The Bertz CT molecular complexity index is 557. The summed E-state index contributed by atoms with van der Waals surface area (Å²) in [6.45, 7) is 5.46. The predicted molar refractivity (Wildman–Crippen MR) is 73.2 cm³/mol. The largest absolute Gasteiger partial charge is 0.339 e. The molecule has 2 aliphatic rings. The zero-order valence-electron chi connectivity index (χ0n) is 11.3. The van der Waals surface area contributed by atoms with Crippen LogP contribution < -0.4 is 5.32 Å². The summed E-state index contributed by atoms with van der Waals surface area (Å²) in [5, 5.41) is 2.86. The van der Waals surface area contributed by atoms with Gasteiger partial charge in [-0.15, -0.1) is 0 Å². The fourth-order valence-electron chi connectivity index (χ4n) is 2.81. The van der Waals surface area contributed by atoms with Crippen molar-refractivity contribution in [1.29, 1.82) is 0 Å². The lowest BCUT2D eigenvalue weighted by Gasteiger charge is -2.18. The molecular formula is C15H18N2O2. The summed E-state index contributed by atoms with van der Waals surface area (Å²) >= 11 is 0. The molecule has 0 aromatic heterocycles. The first kappa shape index (κ1) is 12.2. The van der Waals surface area contributed by atoms with Crippen LogP contribution in [0.25, 0.3) is 0 Å². The number of amides is 2. The number of carbonyl (C=O) groups excluding carboxylic acids is 2. The maximum absolute atomic E-state index is 12.4. The molecule has 1 N–H and O–H groups in total. The molecule has 2 aliphatic heterocycles. The van der Waals surface area contributed by atoms with Crippen molar-refractivity contribution >= 4 is 17.5 Å². The molecule has 1 fully saturated rings. The molecule has 4 nitrogen and oxygen atoms in total. The Hall–Kier alpha value is -1.84. The fourth-order valence-corrected chi connectivity index (χ4v) is 2.81. The van der Waals surface area contributed by atoms with E-state index in [0.717, 1.165) is 37.2 Å². The van der Waals surface area contributed by atoms with Crippen molar-refractivity contribution in [1.82, 2.24) is 4.90 Å². The van der Waals surface area contributed by atoms with Crippen molar-refractivity contribution in [3.8, 4) is 0 Å². The third kappa shape index (κ3) is 1.82. The molecule has 0 saturated carbocycles. The number of hydrogen-bond acceptors (Lipinski definition) is 2.